The van der Waals surface area contributed by atoms with E-state index in [4.69, 9.17) is 23.7 Å². The molecule has 0 bridgehead atoms. The number of anilines is 1. The van der Waals surface area contributed by atoms with Gasteiger partial charge in [-0.25, -0.2) is 0 Å². The topological polar surface area (TPSA) is 49.4 Å². The van der Waals surface area contributed by atoms with Crippen molar-refractivity contribution >= 4 is 5.69 Å². The van der Waals surface area contributed by atoms with E-state index in [2.05, 4.69) is 30.9 Å². The second kappa shape index (κ2) is 12.9. The zero-order valence-electron chi connectivity index (χ0n) is 16.3. The molecule has 0 radical (unpaired) electrons. The molecule has 6 nitrogen and oxygen atoms in total. The van der Waals surface area contributed by atoms with Crippen LogP contribution >= 0.6 is 0 Å². The van der Waals surface area contributed by atoms with Crippen molar-refractivity contribution in [2.75, 3.05) is 79.0 Å². The lowest BCUT2D eigenvalue weighted by Crippen LogP contribution is -2.15. The van der Waals surface area contributed by atoms with Gasteiger partial charge in [-0.3, -0.25) is 0 Å². The van der Waals surface area contributed by atoms with Crippen LogP contribution in [-0.2, 0) is 18.9 Å². The molecule has 0 aromatic heterocycles. The summed E-state index contributed by atoms with van der Waals surface area (Å²) >= 11 is 0. The number of rotatable bonds is 14. The lowest BCUT2D eigenvalue weighted by Gasteiger charge is -2.20. The Balaban J connectivity index is 2.12. The minimum absolute atomic E-state index is 0.519. The fraction of sp³-hybridized carbons (Fsp3) is 0.684. The summed E-state index contributed by atoms with van der Waals surface area (Å²) < 4.78 is 27.1. The number of benzene rings is 1. The summed E-state index contributed by atoms with van der Waals surface area (Å²) in [7, 11) is 5.70. The Labute approximate surface area is 152 Å². The van der Waals surface area contributed by atoms with E-state index < -0.39 is 0 Å². The molecule has 6 heteroatoms. The molecular formula is C19H33NO5. The highest BCUT2D eigenvalue weighted by Gasteiger charge is 2.10. The van der Waals surface area contributed by atoms with E-state index in [1.165, 1.54) is 5.56 Å². The summed E-state index contributed by atoms with van der Waals surface area (Å²) in [5, 5.41) is 0. The van der Waals surface area contributed by atoms with Gasteiger partial charge in [0.05, 0.1) is 51.9 Å². The molecule has 1 aromatic rings. The summed E-state index contributed by atoms with van der Waals surface area (Å²) in [5.74, 6) is 0.920. The third kappa shape index (κ3) is 9.07. The first-order chi connectivity index (χ1) is 12.1. The molecule has 0 aliphatic rings. The second-order valence-corrected chi connectivity index (χ2v) is 6.00. The van der Waals surface area contributed by atoms with Crippen LogP contribution < -0.4 is 9.64 Å². The van der Waals surface area contributed by atoms with Crippen molar-refractivity contribution in [2.45, 2.75) is 13.8 Å². The largest absolute Gasteiger partial charge is 0.489 e. The number of ether oxygens (including phenoxy) is 5. The van der Waals surface area contributed by atoms with Gasteiger partial charge in [0, 0.05) is 21.2 Å². The summed E-state index contributed by atoms with van der Waals surface area (Å²) in [6.07, 6.45) is 0. The molecule has 0 N–H and O–H groups in total. The smallest absolute Gasteiger partial charge is 0.145 e. The Bertz CT molecular complexity index is 479. The average molecular weight is 355 g/mol. The minimum Gasteiger partial charge on any atom is -0.489 e. The molecule has 0 amide bonds. The summed E-state index contributed by atoms with van der Waals surface area (Å²) in [6, 6.07) is 4.26. The number of nitrogens with zero attached hydrogens (tertiary/aromatic N) is 1. The van der Waals surface area contributed by atoms with Crippen molar-refractivity contribution in [1.82, 2.24) is 0 Å². The van der Waals surface area contributed by atoms with E-state index >= 15 is 0 Å². The van der Waals surface area contributed by atoms with Gasteiger partial charge in [-0.05, 0) is 31.0 Å². The van der Waals surface area contributed by atoms with Gasteiger partial charge in [-0.1, -0.05) is 6.07 Å². The van der Waals surface area contributed by atoms with Crippen molar-refractivity contribution in [3.63, 3.8) is 0 Å². The summed E-state index contributed by atoms with van der Waals surface area (Å²) in [6.45, 7) is 8.67. The highest BCUT2D eigenvalue weighted by atomic mass is 16.6. The van der Waals surface area contributed by atoms with Gasteiger partial charge in [0.2, 0.25) is 0 Å². The Hall–Kier alpha value is -1.34. The predicted molar refractivity (Wildman–Crippen MR) is 100 cm³/mol. The monoisotopic (exact) mass is 355 g/mol. The molecule has 0 fully saturated rings. The van der Waals surface area contributed by atoms with Crippen LogP contribution in [0.4, 0.5) is 5.69 Å². The molecule has 0 spiro atoms. The SMILES string of the molecule is COCCOCCOCCOCCOc1c(C)cc(C)cc1N(C)C. The maximum absolute atomic E-state index is 5.93. The summed E-state index contributed by atoms with van der Waals surface area (Å²) in [4.78, 5) is 2.07. The Morgan fingerprint density at radius 2 is 1.28 bits per heavy atom. The van der Waals surface area contributed by atoms with Crippen molar-refractivity contribution in [2.24, 2.45) is 0 Å². The molecule has 0 heterocycles. The number of hydrogen-bond donors (Lipinski definition) is 0. The summed E-state index contributed by atoms with van der Waals surface area (Å²) in [5.41, 5.74) is 3.46. The first-order valence-electron chi connectivity index (χ1n) is 8.69. The molecule has 0 aliphatic heterocycles. The fourth-order valence-corrected chi connectivity index (χ4v) is 2.34. The van der Waals surface area contributed by atoms with Crippen LogP contribution in [0.15, 0.2) is 12.1 Å². The van der Waals surface area contributed by atoms with E-state index in [-0.39, 0.29) is 0 Å². The minimum atomic E-state index is 0.519. The Morgan fingerprint density at radius 1 is 0.760 bits per heavy atom. The Morgan fingerprint density at radius 3 is 1.80 bits per heavy atom. The zero-order chi connectivity index (χ0) is 18.5. The van der Waals surface area contributed by atoms with Crippen LogP contribution in [0.5, 0.6) is 5.75 Å². The van der Waals surface area contributed by atoms with Crippen LogP contribution in [0.25, 0.3) is 0 Å². The van der Waals surface area contributed by atoms with Crippen LogP contribution in [-0.4, -0.2) is 74.1 Å². The van der Waals surface area contributed by atoms with Gasteiger partial charge >= 0.3 is 0 Å². The molecule has 0 saturated heterocycles. The lowest BCUT2D eigenvalue weighted by molar-refractivity contribution is 0.000160. The standard InChI is InChI=1S/C19H33NO5/c1-16-14-17(2)19(18(15-16)20(3)4)25-13-12-24-11-10-23-9-8-22-7-6-21-5/h14-15H,6-13H2,1-5H3. The van der Waals surface area contributed by atoms with E-state index in [9.17, 15) is 0 Å². The van der Waals surface area contributed by atoms with Crippen molar-refractivity contribution in [1.29, 1.82) is 0 Å². The molecule has 0 atom stereocenters. The van der Waals surface area contributed by atoms with Crippen molar-refractivity contribution in [3.05, 3.63) is 23.3 Å². The van der Waals surface area contributed by atoms with E-state index in [1.807, 2.05) is 14.1 Å². The number of methoxy groups -OCH3 is 1. The molecule has 25 heavy (non-hydrogen) atoms. The van der Waals surface area contributed by atoms with Crippen molar-refractivity contribution < 1.29 is 23.7 Å². The molecule has 144 valence electrons. The second-order valence-electron chi connectivity index (χ2n) is 6.00. The number of hydrogen-bond acceptors (Lipinski definition) is 6. The number of aryl methyl sites for hydroxylation is 2. The van der Waals surface area contributed by atoms with Crippen LogP contribution in [0.3, 0.4) is 0 Å². The van der Waals surface area contributed by atoms with Gasteiger partial charge in [0.25, 0.3) is 0 Å². The maximum Gasteiger partial charge on any atom is 0.145 e. The van der Waals surface area contributed by atoms with Crippen LogP contribution in [0.2, 0.25) is 0 Å². The first-order valence-corrected chi connectivity index (χ1v) is 8.69. The Kier molecular flexibility index (Phi) is 11.2. The van der Waals surface area contributed by atoms with Crippen LogP contribution in [0.1, 0.15) is 11.1 Å². The fourth-order valence-electron chi connectivity index (χ4n) is 2.34. The molecule has 1 aromatic carbocycles. The average Bonchev–Trinajstić information content (AvgIpc) is 2.56. The molecule has 0 unspecified atom stereocenters. The normalized spacial score (nSPS) is 10.9. The molecule has 0 aliphatic carbocycles. The van der Waals surface area contributed by atoms with Gasteiger partial charge < -0.3 is 28.6 Å². The molecular weight excluding hydrogens is 322 g/mol. The third-order valence-corrected chi connectivity index (χ3v) is 3.53. The first kappa shape index (κ1) is 21.7. The van der Waals surface area contributed by atoms with E-state index in [1.54, 1.807) is 7.11 Å². The van der Waals surface area contributed by atoms with Gasteiger partial charge in [0.1, 0.15) is 12.4 Å². The highest BCUT2D eigenvalue weighted by molar-refractivity contribution is 5.62. The van der Waals surface area contributed by atoms with Gasteiger partial charge in [-0.2, -0.15) is 0 Å². The van der Waals surface area contributed by atoms with Gasteiger partial charge in [0.15, 0.2) is 0 Å². The van der Waals surface area contributed by atoms with E-state index in [0.717, 1.165) is 17.0 Å². The third-order valence-electron chi connectivity index (χ3n) is 3.53. The van der Waals surface area contributed by atoms with Gasteiger partial charge in [-0.15, -0.1) is 0 Å². The highest BCUT2D eigenvalue weighted by Crippen LogP contribution is 2.32. The quantitative estimate of drug-likeness (QED) is 0.478. The van der Waals surface area contributed by atoms with E-state index in [0.29, 0.717) is 52.9 Å². The predicted octanol–water partition coefficient (Wildman–Crippen LogP) is 2.44. The maximum atomic E-state index is 5.93. The molecule has 0 saturated carbocycles. The van der Waals surface area contributed by atoms with Crippen molar-refractivity contribution in [3.8, 4) is 5.75 Å². The zero-order valence-corrected chi connectivity index (χ0v) is 16.3. The molecule has 1 rings (SSSR count). The lowest BCUT2D eigenvalue weighted by atomic mass is 10.1. The van der Waals surface area contributed by atoms with Crippen LogP contribution in [0, 0.1) is 13.8 Å².